The Labute approximate surface area is 216 Å². The third-order valence-electron chi connectivity index (χ3n) is 7.41. The molecule has 9 nitrogen and oxygen atoms in total. The molecule has 37 heavy (non-hydrogen) atoms. The first-order valence-corrected chi connectivity index (χ1v) is 12.8. The molecular formula is C28H34N4O5. The molecule has 1 saturated heterocycles. The first-order chi connectivity index (χ1) is 17.9. The van der Waals surface area contributed by atoms with Crippen molar-refractivity contribution < 1.29 is 19.0 Å². The van der Waals surface area contributed by atoms with E-state index in [2.05, 4.69) is 9.88 Å². The number of hydrogen-bond donors (Lipinski definition) is 1. The predicted molar refractivity (Wildman–Crippen MR) is 141 cm³/mol. The molecule has 2 aromatic carbocycles. The highest BCUT2D eigenvalue weighted by Crippen LogP contribution is 2.43. The van der Waals surface area contributed by atoms with Crippen molar-refractivity contribution in [2.75, 3.05) is 39.3 Å². The molecule has 0 atom stereocenters. The number of ether oxygens (including phenoxy) is 3. The molecule has 3 aromatic rings. The van der Waals surface area contributed by atoms with Gasteiger partial charge in [-0.3, -0.25) is 9.78 Å². The maximum absolute atomic E-state index is 13.1. The molecular weight excluding hydrogens is 472 g/mol. The minimum atomic E-state index is -0.507. The van der Waals surface area contributed by atoms with Gasteiger partial charge in [0.2, 0.25) is 5.95 Å². The fourth-order valence-corrected chi connectivity index (χ4v) is 5.11. The van der Waals surface area contributed by atoms with Gasteiger partial charge >= 0.3 is 6.09 Å². The fourth-order valence-electron chi connectivity index (χ4n) is 5.11. The van der Waals surface area contributed by atoms with E-state index in [0.717, 1.165) is 12.0 Å². The number of fused-ring (bicyclic) bond motifs is 1. The van der Waals surface area contributed by atoms with Crippen molar-refractivity contribution in [1.29, 1.82) is 0 Å². The molecule has 2 heterocycles. The Bertz CT molecular complexity index is 1310. The first-order valence-electron chi connectivity index (χ1n) is 12.8. The van der Waals surface area contributed by atoms with Crippen molar-refractivity contribution in [3.8, 4) is 11.5 Å². The molecule has 1 aromatic heterocycles. The molecule has 1 aliphatic carbocycles. The molecule has 196 valence electrons. The number of piperidine rings is 1. The third-order valence-corrected chi connectivity index (χ3v) is 7.41. The van der Waals surface area contributed by atoms with Crippen molar-refractivity contribution in [2.24, 2.45) is 5.92 Å². The number of methoxy groups -OCH3 is 2. The summed E-state index contributed by atoms with van der Waals surface area (Å²) in [6, 6.07) is 13.3. The maximum atomic E-state index is 13.1. The van der Waals surface area contributed by atoms with E-state index in [-0.39, 0.29) is 11.7 Å². The average Bonchev–Trinajstić information content (AvgIpc) is 3.72. The van der Waals surface area contributed by atoms with Crippen LogP contribution in [0, 0.1) is 5.92 Å². The number of anilines is 1. The van der Waals surface area contributed by atoms with Crippen molar-refractivity contribution in [2.45, 2.75) is 44.2 Å². The number of carbonyl (C=O) groups excluding carboxylic acids is 1. The second-order valence-electron chi connectivity index (χ2n) is 10.1. The second-order valence-corrected chi connectivity index (χ2v) is 10.1. The van der Waals surface area contributed by atoms with E-state index < -0.39 is 5.60 Å². The number of aromatic amines is 1. The van der Waals surface area contributed by atoms with Crippen LogP contribution in [0.5, 0.6) is 11.5 Å². The van der Waals surface area contributed by atoms with Crippen LogP contribution in [0.15, 0.2) is 47.3 Å². The van der Waals surface area contributed by atoms with Gasteiger partial charge in [-0.25, -0.2) is 9.78 Å². The average molecular weight is 507 g/mol. The maximum Gasteiger partial charge on any atom is 0.410 e. The van der Waals surface area contributed by atoms with E-state index in [1.807, 2.05) is 30.3 Å². The summed E-state index contributed by atoms with van der Waals surface area (Å²) in [6.45, 7) is 1.76. The van der Waals surface area contributed by atoms with E-state index in [0.29, 0.717) is 66.7 Å². The molecule has 2 fully saturated rings. The van der Waals surface area contributed by atoms with E-state index in [1.165, 1.54) is 20.0 Å². The number of nitrogens with one attached hydrogen (secondary N) is 1. The van der Waals surface area contributed by atoms with Crippen LogP contribution in [0.25, 0.3) is 10.9 Å². The Balaban J connectivity index is 1.31. The summed E-state index contributed by atoms with van der Waals surface area (Å²) >= 11 is 0. The van der Waals surface area contributed by atoms with E-state index >= 15 is 0 Å². The molecule has 9 heteroatoms. The molecule has 0 bridgehead atoms. The van der Waals surface area contributed by atoms with Gasteiger partial charge in [-0.05, 0) is 24.0 Å². The molecule has 1 amide bonds. The number of aromatic nitrogens is 2. The molecule has 0 radical (unpaired) electrons. The van der Waals surface area contributed by atoms with E-state index in [9.17, 15) is 9.59 Å². The highest BCUT2D eigenvalue weighted by atomic mass is 16.6. The number of benzene rings is 2. The van der Waals surface area contributed by atoms with Crippen LogP contribution in [0.4, 0.5) is 10.7 Å². The van der Waals surface area contributed by atoms with Crippen LogP contribution < -0.4 is 19.9 Å². The standard InChI is InChI=1S/C28H34N4O5/c1-31(18-20-7-5-4-6-8-20)27(34)37-28(17-19-9-10-19)11-13-32(14-12-28)26-29-22-16-24(36-3)23(35-2)15-21(22)25(33)30-26/h4-8,15-16,19H,9-14,17-18H2,1-3H3,(H,29,30,33). The van der Waals surface area contributed by atoms with Crippen LogP contribution >= 0.6 is 0 Å². The van der Waals surface area contributed by atoms with Gasteiger partial charge in [0.25, 0.3) is 5.56 Å². The fraction of sp³-hybridized carbons (Fsp3) is 0.464. The molecule has 2 aliphatic rings. The number of H-pyrrole nitrogens is 1. The van der Waals surface area contributed by atoms with Crippen LogP contribution in [0.3, 0.4) is 0 Å². The molecule has 1 aliphatic heterocycles. The Hall–Kier alpha value is -3.75. The topological polar surface area (TPSA) is 97.0 Å². The quantitative estimate of drug-likeness (QED) is 0.485. The largest absolute Gasteiger partial charge is 0.493 e. The van der Waals surface area contributed by atoms with Gasteiger partial charge in [-0.2, -0.15) is 0 Å². The molecule has 0 spiro atoms. The molecule has 5 rings (SSSR count). The summed E-state index contributed by atoms with van der Waals surface area (Å²) in [6.07, 6.45) is 4.33. The Morgan fingerprint density at radius 2 is 1.78 bits per heavy atom. The Morgan fingerprint density at radius 3 is 2.43 bits per heavy atom. The summed E-state index contributed by atoms with van der Waals surface area (Å²) in [5, 5.41) is 0.442. The van der Waals surface area contributed by atoms with Crippen molar-refractivity contribution in [1.82, 2.24) is 14.9 Å². The Kier molecular flexibility index (Phi) is 6.95. The van der Waals surface area contributed by atoms with Crippen LogP contribution in [-0.2, 0) is 11.3 Å². The smallest absolute Gasteiger partial charge is 0.410 e. The summed E-state index contributed by atoms with van der Waals surface area (Å²) in [5.74, 6) is 2.13. The zero-order valence-electron chi connectivity index (χ0n) is 21.7. The van der Waals surface area contributed by atoms with Gasteiger partial charge in [0.05, 0.1) is 25.1 Å². The van der Waals surface area contributed by atoms with Gasteiger partial charge in [0.1, 0.15) is 5.60 Å². The van der Waals surface area contributed by atoms with Crippen LogP contribution in [-0.4, -0.2) is 60.9 Å². The summed E-state index contributed by atoms with van der Waals surface area (Å²) in [7, 11) is 4.87. The van der Waals surface area contributed by atoms with Crippen LogP contribution in [0.2, 0.25) is 0 Å². The zero-order valence-corrected chi connectivity index (χ0v) is 21.7. The van der Waals surface area contributed by atoms with Gasteiger partial charge in [0, 0.05) is 45.6 Å². The Morgan fingerprint density at radius 1 is 1.11 bits per heavy atom. The second kappa shape index (κ2) is 10.3. The predicted octanol–water partition coefficient (Wildman–Crippen LogP) is 4.35. The molecule has 1 saturated carbocycles. The lowest BCUT2D eigenvalue weighted by Gasteiger charge is -2.42. The monoisotopic (exact) mass is 506 g/mol. The highest BCUT2D eigenvalue weighted by molar-refractivity contribution is 5.82. The number of nitrogens with zero attached hydrogens (tertiary/aromatic N) is 3. The van der Waals surface area contributed by atoms with E-state index in [1.54, 1.807) is 31.2 Å². The highest BCUT2D eigenvalue weighted by Gasteiger charge is 2.43. The van der Waals surface area contributed by atoms with Crippen LogP contribution in [0.1, 0.15) is 37.7 Å². The SMILES string of the molecule is COc1cc2nc(N3CCC(CC4CC4)(OC(=O)N(C)Cc4ccccc4)CC3)[nH]c(=O)c2cc1OC. The van der Waals surface area contributed by atoms with Gasteiger partial charge in [-0.15, -0.1) is 0 Å². The van der Waals surface area contributed by atoms with Crippen molar-refractivity contribution >= 4 is 22.9 Å². The lowest BCUT2D eigenvalue weighted by atomic mass is 9.86. The van der Waals surface area contributed by atoms with E-state index in [4.69, 9.17) is 19.2 Å². The number of carbonyl (C=O) groups is 1. The van der Waals surface area contributed by atoms with Crippen molar-refractivity contribution in [3.05, 3.63) is 58.4 Å². The third kappa shape index (κ3) is 5.50. The zero-order chi connectivity index (χ0) is 26.0. The summed E-state index contributed by atoms with van der Waals surface area (Å²) in [4.78, 5) is 37.3. The molecule has 1 N–H and O–H groups in total. The summed E-state index contributed by atoms with van der Waals surface area (Å²) in [5.41, 5.74) is 0.867. The van der Waals surface area contributed by atoms with Gasteiger partial charge in [0.15, 0.2) is 11.5 Å². The molecule has 0 unspecified atom stereocenters. The first kappa shape index (κ1) is 24.9. The minimum Gasteiger partial charge on any atom is -0.493 e. The number of rotatable bonds is 8. The normalized spacial score (nSPS) is 16.9. The lowest BCUT2D eigenvalue weighted by molar-refractivity contribution is -0.0328. The van der Waals surface area contributed by atoms with Gasteiger partial charge in [-0.1, -0.05) is 43.2 Å². The number of amides is 1. The minimum absolute atomic E-state index is 0.232. The number of hydrogen-bond acceptors (Lipinski definition) is 7. The summed E-state index contributed by atoms with van der Waals surface area (Å²) < 4.78 is 17.0. The lowest BCUT2D eigenvalue weighted by Crippen LogP contribution is -2.49. The van der Waals surface area contributed by atoms with Crippen molar-refractivity contribution in [3.63, 3.8) is 0 Å². The van der Waals surface area contributed by atoms with Gasteiger partial charge < -0.3 is 24.0 Å².